The first kappa shape index (κ1) is 28.5. The number of aryl methyl sites for hydroxylation is 1. The number of carboxylic acids is 2. The van der Waals surface area contributed by atoms with Crippen molar-refractivity contribution in [2.24, 2.45) is 0 Å². The van der Waals surface area contributed by atoms with Crippen LogP contribution in [0, 0.1) is 11.3 Å². The zero-order chi connectivity index (χ0) is 29.1. The van der Waals surface area contributed by atoms with E-state index >= 15 is 0 Å². The SMILES string of the molecule is N#Cc1c(N)nc2c(c1-c1cccc3cc[nH]c13)CCc1[nH]ncc1-2.O=C(O)C(F)(F)F.O=C(O)C(F)(F)F. The topological polar surface area (TPSA) is 182 Å². The van der Waals surface area contributed by atoms with Gasteiger partial charge < -0.3 is 20.9 Å². The molecule has 1 aliphatic carbocycles. The molecule has 1 aromatic carbocycles. The van der Waals surface area contributed by atoms with Gasteiger partial charge in [-0.25, -0.2) is 14.6 Å². The molecular formula is C23H16F6N6O4. The van der Waals surface area contributed by atoms with Gasteiger partial charge in [-0.2, -0.15) is 36.7 Å². The maximum absolute atomic E-state index is 10.6. The minimum Gasteiger partial charge on any atom is -0.475 e. The monoisotopic (exact) mass is 554 g/mol. The number of carbonyl (C=O) groups is 2. The van der Waals surface area contributed by atoms with Gasteiger partial charge in [0.2, 0.25) is 0 Å². The number of nitrogens with zero attached hydrogens (tertiary/aromatic N) is 3. The quantitative estimate of drug-likeness (QED) is 0.214. The van der Waals surface area contributed by atoms with Crippen LogP contribution in [0.5, 0.6) is 0 Å². The summed E-state index contributed by atoms with van der Waals surface area (Å²) in [6, 6.07) is 10.4. The Kier molecular flexibility index (Phi) is 7.84. The van der Waals surface area contributed by atoms with Crippen LogP contribution < -0.4 is 5.73 Å². The smallest absolute Gasteiger partial charge is 0.475 e. The first-order valence-corrected chi connectivity index (χ1v) is 10.6. The average molecular weight is 554 g/mol. The summed E-state index contributed by atoms with van der Waals surface area (Å²) in [5.41, 5.74) is 13.4. The number of rotatable bonds is 1. The van der Waals surface area contributed by atoms with Gasteiger partial charge in [-0.1, -0.05) is 18.2 Å². The minimum atomic E-state index is -5.08. The van der Waals surface area contributed by atoms with E-state index in [9.17, 15) is 31.6 Å². The highest BCUT2D eigenvalue weighted by molar-refractivity contribution is 5.99. The Morgan fingerprint density at radius 3 is 2.18 bits per heavy atom. The molecular weight excluding hydrogens is 538 g/mol. The number of hydrogen-bond donors (Lipinski definition) is 5. The molecule has 39 heavy (non-hydrogen) atoms. The summed E-state index contributed by atoms with van der Waals surface area (Å²) in [5.74, 6) is -5.26. The number of nitrogens with two attached hydrogens (primary N) is 1. The van der Waals surface area contributed by atoms with E-state index in [4.69, 9.17) is 25.5 Å². The number of anilines is 1. The van der Waals surface area contributed by atoms with Crippen molar-refractivity contribution in [3.63, 3.8) is 0 Å². The highest BCUT2D eigenvalue weighted by Gasteiger charge is 2.39. The molecule has 0 saturated heterocycles. The van der Waals surface area contributed by atoms with Crippen LogP contribution in [-0.2, 0) is 22.4 Å². The summed E-state index contributed by atoms with van der Waals surface area (Å²) in [6.45, 7) is 0. The fourth-order valence-electron chi connectivity index (χ4n) is 3.77. The highest BCUT2D eigenvalue weighted by Crippen LogP contribution is 2.42. The molecule has 5 rings (SSSR count). The lowest BCUT2D eigenvalue weighted by atomic mass is 9.85. The molecule has 3 aromatic heterocycles. The molecule has 16 heteroatoms. The normalized spacial score (nSPS) is 12.1. The molecule has 6 N–H and O–H groups in total. The molecule has 0 atom stereocenters. The van der Waals surface area contributed by atoms with Crippen LogP contribution in [0.3, 0.4) is 0 Å². The number of carboxylic acid groups (broad SMARTS) is 2. The third-order valence-electron chi connectivity index (χ3n) is 5.38. The number of nitrogen functional groups attached to an aromatic ring is 1. The lowest BCUT2D eigenvalue weighted by Crippen LogP contribution is -2.21. The molecule has 4 aromatic rings. The predicted molar refractivity (Wildman–Crippen MR) is 123 cm³/mol. The van der Waals surface area contributed by atoms with Crippen molar-refractivity contribution in [3.8, 4) is 28.5 Å². The second-order valence-corrected chi connectivity index (χ2v) is 7.80. The van der Waals surface area contributed by atoms with Gasteiger partial charge in [-0.05, 0) is 29.9 Å². The molecule has 0 radical (unpaired) electrons. The second kappa shape index (κ2) is 10.7. The van der Waals surface area contributed by atoms with Crippen LogP contribution in [0.25, 0.3) is 33.3 Å². The summed E-state index contributed by atoms with van der Waals surface area (Å²) in [7, 11) is 0. The Hall–Kier alpha value is -5.07. The first-order chi connectivity index (χ1) is 18.2. The van der Waals surface area contributed by atoms with Gasteiger partial charge in [0.05, 0.1) is 17.4 Å². The van der Waals surface area contributed by atoms with Crippen LogP contribution >= 0.6 is 0 Å². The van der Waals surface area contributed by atoms with E-state index in [2.05, 4.69) is 26.2 Å². The number of para-hydroxylation sites is 1. The average Bonchev–Trinajstić information content (AvgIpc) is 3.52. The highest BCUT2D eigenvalue weighted by atomic mass is 19.4. The van der Waals surface area contributed by atoms with Crippen molar-refractivity contribution in [2.75, 3.05) is 5.73 Å². The summed E-state index contributed by atoms with van der Waals surface area (Å²) in [5, 5.41) is 32.3. The molecule has 0 bridgehead atoms. The molecule has 204 valence electrons. The molecule has 10 nitrogen and oxygen atoms in total. The van der Waals surface area contributed by atoms with E-state index in [-0.39, 0.29) is 5.82 Å². The lowest BCUT2D eigenvalue weighted by molar-refractivity contribution is -0.193. The fraction of sp³-hybridized carbons (Fsp3) is 0.174. The molecule has 0 amide bonds. The summed E-state index contributed by atoms with van der Waals surface area (Å²) >= 11 is 0. The van der Waals surface area contributed by atoms with E-state index < -0.39 is 24.3 Å². The van der Waals surface area contributed by atoms with Crippen molar-refractivity contribution >= 4 is 28.7 Å². The molecule has 3 heterocycles. The third kappa shape index (κ3) is 6.09. The maximum atomic E-state index is 10.6. The number of pyridine rings is 1. The largest absolute Gasteiger partial charge is 0.490 e. The van der Waals surface area contributed by atoms with Crippen molar-refractivity contribution < 1.29 is 46.1 Å². The fourth-order valence-corrected chi connectivity index (χ4v) is 3.77. The number of H-pyrrole nitrogens is 2. The zero-order valence-corrected chi connectivity index (χ0v) is 19.3. The van der Waals surface area contributed by atoms with Crippen molar-refractivity contribution in [1.29, 1.82) is 5.26 Å². The first-order valence-electron chi connectivity index (χ1n) is 10.6. The number of alkyl halides is 6. The Balaban J connectivity index is 0.000000251. The van der Waals surface area contributed by atoms with Crippen LogP contribution in [0.4, 0.5) is 32.2 Å². The third-order valence-corrected chi connectivity index (χ3v) is 5.38. The number of aromatic amines is 2. The Morgan fingerprint density at radius 2 is 1.62 bits per heavy atom. The molecule has 0 aliphatic heterocycles. The van der Waals surface area contributed by atoms with Crippen molar-refractivity contribution in [1.82, 2.24) is 20.2 Å². The van der Waals surface area contributed by atoms with Gasteiger partial charge in [0, 0.05) is 28.6 Å². The van der Waals surface area contributed by atoms with Crippen molar-refractivity contribution in [3.05, 3.63) is 53.5 Å². The van der Waals surface area contributed by atoms with E-state index in [1.165, 1.54) is 0 Å². The number of nitriles is 1. The standard InChI is InChI=1S/C19H14N6.2C2HF3O2/c20-8-13-16(11-3-1-2-10-6-7-22-17(10)11)12-4-5-15-14(9-23-25-15)18(12)24-19(13)21;2*3-2(4,5)1(6)7/h1-3,6-7,9,22H,4-5H2,(H2,21,24)(H,23,25);2*(H,6,7). The number of aromatic nitrogens is 4. The minimum absolute atomic E-state index is 0.258. The number of nitrogens with one attached hydrogen (secondary N) is 2. The van der Waals surface area contributed by atoms with Gasteiger partial charge in [-0.15, -0.1) is 0 Å². The summed E-state index contributed by atoms with van der Waals surface area (Å²) in [4.78, 5) is 25.6. The molecule has 1 aliphatic rings. The van der Waals surface area contributed by atoms with Gasteiger partial charge in [-0.3, -0.25) is 5.10 Å². The lowest BCUT2D eigenvalue weighted by Gasteiger charge is -2.21. The van der Waals surface area contributed by atoms with Crippen LogP contribution in [0.1, 0.15) is 16.8 Å². The van der Waals surface area contributed by atoms with Gasteiger partial charge in [0.15, 0.2) is 0 Å². The van der Waals surface area contributed by atoms with E-state index in [1.807, 2.05) is 30.5 Å². The Bertz CT molecular complexity index is 1560. The van der Waals surface area contributed by atoms with Gasteiger partial charge in [0.25, 0.3) is 0 Å². The van der Waals surface area contributed by atoms with Crippen LogP contribution in [-0.4, -0.2) is 54.7 Å². The van der Waals surface area contributed by atoms with Crippen molar-refractivity contribution in [2.45, 2.75) is 25.2 Å². The maximum Gasteiger partial charge on any atom is 0.490 e. The summed E-state index contributed by atoms with van der Waals surface area (Å²) < 4.78 is 63.5. The molecule has 0 spiro atoms. The molecule has 0 fully saturated rings. The van der Waals surface area contributed by atoms with E-state index in [0.29, 0.717) is 5.56 Å². The Morgan fingerprint density at radius 1 is 1.00 bits per heavy atom. The number of aliphatic carboxylic acids is 2. The number of fused-ring (bicyclic) bond motifs is 4. The molecule has 0 saturated carbocycles. The Labute approximate surface area is 213 Å². The van der Waals surface area contributed by atoms with Gasteiger partial charge >= 0.3 is 24.3 Å². The number of halogens is 6. The summed E-state index contributed by atoms with van der Waals surface area (Å²) in [6.07, 6.45) is -4.85. The number of hydrogen-bond acceptors (Lipinski definition) is 6. The van der Waals surface area contributed by atoms with E-state index in [0.717, 1.165) is 57.4 Å². The van der Waals surface area contributed by atoms with E-state index in [1.54, 1.807) is 6.20 Å². The predicted octanol–water partition coefficient (Wildman–Crippen LogP) is 4.44. The number of benzene rings is 1. The van der Waals surface area contributed by atoms with Crippen LogP contribution in [0.15, 0.2) is 36.7 Å². The van der Waals surface area contributed by atoms with Crippen LogP contribution in [0.2, 0.25) is 0 Å². The molecule has 0 unspecified atom stereocenters. The second-order valence-electron chi connectivity index (χ2n) is 7.80. The zero-order valence-electron chi connectivity index (χ0n) is 19.3. The van der Waals surface area contributed by atoms with Gasteiger partial charge in [0.1, 0.15) is 17.5 Å².